The number of nitrogens with one attached hydrogen (secondary N) is 1. The van der Waals surface area contributed by atoms with Crippen LogP contribution < -0.4 is 5.43 Å². The molecule has 2 aromatic heterocycles. The third-order valence-electron chi connectivity index (χ3n) is 1.31. The van der Waals surface area contributed by atoms with E-state index in [1.807, 2.05) is 4.93 Å². The number of nitrogens with zero attached hydrogens (tertiary/aromatic N) is 2. The van der Waals surface area contributed by atoms with Crippen molar-refractivity contribution in [2.24, 2.45) is 0 Å². The van der Waals surface area contributed by atoms with Crippen LogP contribution in [0.2, 0.25) is 0 Å². The van der Waals surface area contributed by atoms with Crippen molar-refractivity contribution in [2.75, 3.05) is 4.93 Å². The highest BCUT2D eigenvalue weighted by atomic mass is 127. The van der Waals surface area contributed by atoms with Crippen molar-refractivity contribution in [3.8, 4) is 0 Å². The predicted octanol–water partition coefficient (Wildman–Crippen LogP) is 1.07. The zero-order valence-electron chi connectivity index (χ0n) is 6.49. The van der Waals surface area contributed by atoms with E-state index in [0.717, 1.165) is 0 Å². The summed E-state index contributed by atoms with van der Waals surface area (Å²) < 4.78 is 1.57. The fraction of sp³-hybridized carbons (Fsp3) is 0.143. The number of hydrogen-bond donors (Lipinski definition) is 1. The van der Waals surface area contributed by atoms with Gasteiger partial charge in [0.05, 0.1) is 0 Å². The van der Waals surface area contributed by atoms with Crippen molar-refractivity contribution in [1.82, 2.24) is 14.6 Å². The number of aromatic nitrogens is 3. The minimum atomic E-state index is -0.0660. The van der Waals surface area contributed by atoms with E-state index in [1.165, 1.54) is 6.07 Å². The van der Waals surface area contributed by atoms with E-state index in [1.54, 1.807) is 23.1 Å². The van der Waals surface area contributed by atoms with Crippen LogP contribution in [0.15, 0.2) is 29.5 Å². The van der Waals surface area contributed by atoms with Gasteiger partial charge in [-0.25, -0.2) is 9.50 Å². The van der Waals surface area contributed by atoms with Gasteiger partial charge in [-0.1, -0.05) is 22.6 Å². The molecular weight excluding hydrogens is 269 g/mol. The molecule has 0 radical (unpaired) electrons. The van der Waals surface area contributed by atoms with E-state index < -0.39 is 0 Å². The summed E-state index contributed by atoms with van der Waals surface area (Å²) in [4.78, 5) is 16.7. The van der Waals surface area contributed by atoms with Crippen molar-refractivity contribution >= 4 is 28.2 Å². The molecule has 1 N–H and O–H groups in total. The smallest absolute Gasteiger partial charge is 0.224 e. The molecule has 0 amide bonds. The van der Waals surface area contributed by atoms with Gasteiger partial charge in [0.15, 0.2) is 5.65 Å². The van der Waals surface area contributed by atoms with E-state index >= 15 is 0 Å². The monoisotopic (exact) mass is 277 g/mol. The van der Waals surface area contributed by atoms with Gasteiger partial charge in [-0.15, -0.1) is 0 Å². The van der Waals surface area contributed by atoms with Crippen molar-refractivity contribution in [2.45, 2.75) is 0 Å². The van der Waals surface area contributed by atoms with Crippen molar-refractivity contribution in [3.63, 3.8) is 0 Å². The molecule has 4 nitrogen and oxygen atoms in total. The third kappa shape index (κ3) is 1.66. The predicted molar refractivity (Wildman–Crippen MR) is 55.8 cm³/mol. The summed E-state index contributed by atoms with van der Waals surface area (Å²) >= 11 is 2.15. The Morgan fingerprint density at radius 1 is 1.58 bits per heavy atom. The molecule has 2 aromatic rings. The lowest BCUT2D eigenvalue weighted by atomic mass is 10.5. The Morgan fingerprint density at radius 2 is 2.33 bits per heavy atom. The first-order valence-corrected chi connectivity index (χ1v) is 5.42. The van der Waals surface area contributed by atoms with Crippen molar-refractivity contribution in [1.29, 1.82) is 0 Å². The lowest BCUT2D eigenvalue weighted by Crippen LogP contribution is -2.04. The molecule has 0 aliphatic carbocycles. The standard InChI is InChI=1S/C6H5N3O.CH3I/c10-5-1-2-8-9-4-3-7-6(5)9;1-2/h1-4,8H;1H3. The molecule has 12 heavy (non-hydrogen) atoms. The maximum absolute atomic E-state index is 10.9. The quantitative estimate of drug-likeness (QED) is 0.578. The largest absolute Gasteiger partial charge is 0.300 e. The number of fused-ring (bicyclic) bond motifs is 1. The van der Waals surface area contributed by atoms with Gasteiger partial charge in [0.2, 0.25) is 5.43 Å². The normalized spacial score (nSPS) is 9.17. The number of halogens is 1. The summed E-state index contributed by atoms with van der Waals surface area (Å²) in [5.74, 6) is 0. The summed E-state index contributed by atoms with van der Waals surface area (Å²) in [6.45, 7) is 0. The van der Waals surface area contributed by atoms with Crippen LogP contribution in [0.5, 0.6) is 0 Å². The first-order chi connectivity index (χ1) is 5.88. The van der Waals surface area contributed by atoms with E-state index in [-0.39, 0.29) is 5.43 Å². The number of alkyl halides is 1. The number of aromatic amines is 1. The summed E-state index contributed by atoms with van der Waals surface area (Å²) in [6.07, 6.45) is 4.85. The fourth-order valence-electron chi connectivity index (χ4n) is 0.858. The van der Waals surface area contributed by atoms with Gasteiger partial charge in [-0.05, 0) is 4.93 Å². The molecule has 0 aliphatic heterocycles. The molecule has 0 bridgehead atoms. The number of rotatable bonds is 0. The molecule has 0 saturated carbocycles. The summed E-state index contributed by atoms with van der Waals surface area (Å²) in [6, 6.07) is 1.45. The highest BCUT2D eigenvalue weighted by molar-refractivity contribution is 14.1. The van der Waals surface area contributed by atoms with Gasteiger partial charge in [-0.3, -0.25) is 9.89 Å². The second-order valence-corrected chi connectivity index (χ2v) is 1.95. The number of imidazole rings is 1. The highest BCUT2D eigenvalue weighted by Gasteiger charge is 1.94. The Hall–Kier alpha value is -0.850. The Bertz CT molecular complexity index is 406. The first kappa shape index (κ1) is 9.24. The van der Waals surface area contributed by atoms with Crippen LogP contribution in [0.4, 0.5) is 0 Å². The van der Waals surface area contributed by atoms with Crippen LogP contribution in [0, 0.1) is 0 Å². The van der Waals surface area contributed by atoms with Crippen LogP contribution >= 0.6 is 22.6 Å². The lowest BCUT2D eigenvalue weighted by molar-refractivity contribution is 0.929. The second kappa shape index (κ2) is 4.24. The Labute approximate surface area is 82.8 Å². The highest BCUT2D eigenvalue weighted by Crippen LogP contribution is 1.86. The minimum Gasteiger partial charge on any atom is -0.300 e. The SMILES string of the molecule is CI.O=c1cc[nH]n2ccnc12. The number of H-pyrrole nitrogens is 1. The third-order valence-corrected chi connectivity index (χ3v) is 1.31. The zero-order valence-corrected chi connectivity index (χ0v) is 8.65. The summed E-state index contributed by atoms with van der Waals surface area (Å²) in [5, 5.41) is 2.83. The molecule has 0 aliphatic rings. The molecule has 0 saturated heterocycles. The van der Waals surface area contributed by atoms with Gasteiger partial charge in [-0.2, -0.15) is 0 Å². The molecule has 64 valence electrons. The lowest BCUT2D eigenvalue weighted by Gasteiger charge is -1.88. The van der Waals surface area contributed by atoms with E-state index in [0.29, 0.717) is 5.65 Å². The molecule has 2 heterocycles. The second-order valence-electron chi connectivity index (χ2n) is 1.95. The van der Waals surface area contributed by atoms with Gasteiger partial charge in [0.25, 0.3) is 0 Å². The van der Waals surface area contributed by atoms with E-state index in [2.05, 4.69) is 32.7 Å². The molecule has 0 aromatic carbocycles. The number of hydrogen-bond acceptors (Lipinski definition) is 2. The average Bonchev–Trinajstić information content (AvgIpc) is 2.57. The van der Waals surface area contributed by atoms with Crippen LogP contribution in [-0.2, 0) is 0 Å². The molecule has 0 unspecified atom stereocenters. The van der Waals surface area contributed by atoms with Crippen LogP contribution in [0.3, 0.4) is 0 Å². The maximum Gasteiger partial charge on any atom is 0.224 e. The van der Waals surface area contributed by atoms with E-state index in [4.69, 9.17) is 0 Å². The topological polar surface area (TPSA) is 50.2 Å². The Balaban J connectivity index is 0.000000336. The summed E-state index contributed by atoms with van der Waals surface area (Å²) in [5.41, 5.74) is 0.367. The zero-order chi connectivity index (χ0) is 8.97. The molecule has 0 spiro atoms. The Kier molecular flexibility index (Phi) is 3.27. The average molecular weight is 277 g/mol. The van der Waals surface area contributed by atoms with Crippen molar-refractivity contribution in [3.05, 3.63) is 34.9 Å². The van der Waals surface area contributed by atoms with Gasteiger partial charge >= 0.3 is 0 Å². The fourth-order valence-corrected chi connectivity index (χ4v) is 0.858. The molecular formula is C7H8IN3O. The minimum absolute atomic E-state index is 0.0660. The van der Waals surface area contributed by atoms with Crippen LogP contribution in [0.25, 0.3) is 5.65 Å². The van der Waals surface area contributed by atoms with Gasteiger partial charge in [0.1, 0.15) is 0 Å². The van der Waals surface area contributed by atoms with E-state index in [9.17, 15) is 4.79 Å². The maximum atomic E-state index is 10.9. The Morgan fingerprint density at radius 3 is 3.00 bits per heavy atom. The first-order valence-electron chi connectivity index (χ1n) is 3.26. The molecule has 2 rings (SSSR count). The molecule has 0 atom stereocenters. The van der Waals surface area contributed by atoms with Gasteiger partial charge < -0.3 is 0 Å². The summed E-state index contributed by atoms with van der Waals surface area (Å²) in [7, 11) is 0. The van der Waals surface area contributed by atoms with Gasteiger partial charge in [0, 0.05) is 24.7 Å². The van der Waals surface area contributed by atoms with Crippen LogP contribution in [0.1, 0.15) is 0 Å². The van der Waals surface area contributed by atoms with Crippen molar-refractivity contribution < 1.29 is 0 Å². The molecule has 0 fully saturated rings. The molecule has 5 heteroatoms. The van der Waals surface area contributed by atoms with Crippen LogP contribution in [-0.4, -0.2) is 19.5 Å².